The molecular formula is C18H15ClN6O3. The molecule has 0 saturated carbocycles. The highest BCUT2D eigenvalue weighted by Crippen LogP contribution is 2.31. The highest BCUT2D eigenvalue weighted by Gasteiger charge is 2.36. The van der Waals surface area contributed by atoms with Gasteiger partial charge in [0.05, 0.1) is 16.6 Å². The second kappa shape index (κ2) is 7.65. The first kappa shape index (κ1) is 17.9. The summed E-state index contributed by atoms with van der Waals surface area (Å²) in [5.41, 5.74) is 6.41. The topological polar surface area (TPSA) is 113 Å². The molecule has 3 aromatic rings. The van der Waals surface area contributed by atoms with E-state index in [9.17, 15) is 9.59 Å². The molecule has 2 amide bonds. The Morgan fingerprint density at radius 1 is 1.21 bits per heavy atom. The van der Waals surface area contributed by atoms with Crippen molar-refractivity contribution in [3.63, 3.8) is 0 Å². The Labute approximate surface area is 164 Å². The van der Waals surface area contributed by atoms with Crippen molar-refractivity contribution >= 4 is 35.1 Å². The zero-order valence-electron chi connectivity index (χ0n) is 14.5. The van der Waals surface area contributed by atoms with Crippen molar-refractivity contribution in [3.8, 4) is 11.4 Å². The van der Waals surface area contributed by atoms with Gasteiger partial charge in [-0.25, -0.2) is 5.43 Å². The molecule has 0 bridgehead atoms. The number of carbonyl (C=O) groups is 2. The molecule has 1 aliphatic rings. The Kier molecular flexibility index (Phi) is 4.90. The van der Waals surface area contributed by atoms with Crippen LogP contribution in [-0.4, -0.2) is 33.5 Å². The maximum Gasteiger partial charge on any atom is 0.340 e. The number of benzene rings is 1. The van der Waals surface area contributed by atoms with Crippen LogP contribution in [0.5, 0.6) is 0 Å². The van der Waals surface area contributed by atoms with E-state index < -0.39 is 5.92 Å². The van der Waals surface area contributed by atoms with Crippen molar-refractivity contribution in [2.75, 3.05) is 16.9 Å². The largest absolute Gasteiger partial charge is 0.340 e. The number of nitrogens with zero attached hydrogens (tertiary/aromatic N) is 4. The lowest BCUT2D eigenvalue weighted by Crippen LogP contribution is -2.36. The van der Waals surface area contributed by atoms with E-state index >= 15 is 0 Å². The number of hydrogen-bond acceptors (Lipinski definition) is 7. The average molecular weight is 399 g/mol. The quantitative estimate of drug-likeness (QED) is 0.634. The van der Waals surface area contributed by atoms with Gasteiger partial charge in [-0.2, -0.15) is 4.98 Å². The zero-order chi connectivity index (χ0) is 19.5. The summed E-state index contributed by atoms with van der Waals surface area (Å²) in [6.45, 7) is 0.238. The van der Waals surface area contributed by atoms with Gasteiger partial charge in [0, 0.05) is 30.9 Å². The minimum Gasteiger partial charge on any atom is -0.313 e. The first-order valence-corrected chi connectivity index (χ1v) is 8.84. The predicted octanol–water partition coefficient (Wildman–Crippen LogP) is 2.28. The molecule has 1 aliphatic heterocycles. The summed E-state index contributed by atoms with van der Waals surface area (Å²) in [4.78, 5) is 34.3. The maximum atomic E-state index is 12.4. The van der Waals surface area contributed by atoms with Crippen LogP contribution >= 0.6 is 11.6 Å². The Hall–Kier alpha value is -3.46. The van der Waals surface area contributed by atoms with Gasteiger partial charge in [0.25, 0.3) is 0 Å². The van der Waals surface area contributed by atoms with Gasteiger partial charge in [0.15, 0.2) is 0 Å². The minimum atomic E-state index is -0.529. The summed E-state index contributed by atoms with van der Waals surface area (Å²) in [7, 11) is 0. The lowest BCUT2D eigenvalue weighted by Gasteiger charge is -2.17. The molecule has 3 heterocycles. The standard InChI is InChI=1S/C18H15ClN6O3/c19-13-3-1-2-4-14(13)25-10-12(9-15(25)26)17(27)22-23-18-21-16(24-28-18)11-5-7-20-8-6-11/h1-8,12H,9-10H2,(H,22,27)(H,21,23,24). The van der Waals surface area contributed by atoms with Crippen LogP contribution in [-0.2, 0) is 9.59 Å². The Morgan fingerprint density at radius 2 is 2.00 bits per heavy atom. The molecule has 142 valence electrons. The van der Waals surface area contributed by atoms with Crippen LogP contribution in [0.15, 0.2) is 53.3 Å². The minimum absolute atomic E-state index is 0.0347. The van der Waals surface area contributed by atoms with Gasteiger partial charge in [-0.3, -0.25) is 20.0 Å². The van der Waals surface area contributed by atoms with Gasteiger partial charge in [-0.15, -0.1) is 0 Å². The van der Waals surface area contributed by atoms with Crippen molar-refractivity contribution in [3.05, 3.63) is 53.8 Å². The molecule has 0 spiro atoms. The van der Waals surface area contributed by atoms with Gasteiger partial charge in [-0.05, 0) is 24.3 Å². The predicted molar refractivity (Wildman–Crippen MR) is 101 cm³/mol. The molecule has 4 rings (SSSR count). The number of carbonyl (C=O) groups excluding carboxylic acids is 2. The van der Waals surface area contributed by atoms with E-state index in [4.69, 9.17) is 16.1 Å². The lowest BCUT2D eigenvalue weighted by molar-refractivity contribution is -0.125. The van der Waals surface area contributed by atoms with Crippen molar-refractivity contribution in [1.29, 1.82) is 0 Å². The second-order valence-electron chi connectivity index (χ2n) is 6.13. The van der Waals surface area contributed by atoms with E-state index in [0.29, 0.717) is 16.5 Å². The van der Waals surface area contributed by atoms with Crippen molar-refractivity contribution < 1.29 is 14.1 Å². The number of amides is 2. The van der Waals surface area contributed by atoms with Crippen molar-refractivity contribution in [2.45, 2.75) is 6.42 Å². The molecule has 9 nitrogen and oxygen atoms in total. The fourth-order valence-corrected chi connectivity index (χ4v) is 3.13. The molecule has 2 N–H and O–H groups in total. The first-order chi connectivity index (χ1) is 13.6. The van der Waals surface area contributed by atoms with E-state index in [-0.39, 0.29) is 30.8 Å². The molecule has 1 atom stereocenters. The van der Waals surface area contributed by atoms with Gasteiger partial charge in [0.1, 0.15) is 0 Å². The molecule has 1 saturated heterocycles. The number of pyridine rings is 1. The number of hydrogen-bond donors (Lipinski definition) is 2. The molecule has 1 fully saturated rings. The summed E-state index contributed by atoms with van der Waals surface area (Å²) in [5, 5.41) is 4.29. The summed E-state index contributed by atoms with van der Waals surface area (Å²) >= 11 is 6.15. The Morgan fingerprint density at radius 3 is 2.79 bits per heavy atom. The average Bonchev–Trinajstić information content (AvgIpc) is 3.34. The smallest absolute Gasteiger partial charge is 0.313 e. The van der Waals surface area contributed by atoms with E-state index in [1.807, 2.05) is 0 Å². The highest BCUT2D eigenvalue weighted by atomic mass is 35.5. The highest BCUT2D eigenvalue weighted by molar-refractivity contribution is 6.33. The number of halogens is 1. The lowest BCUT2D eigenvalue weighted by atomic mass is 10.1. The molecule has 2 aromatic heterocycles. The fourth-order valence-electron chi connectivity index (χ4n) is 2.90. The van der Waals surface area contributed by atoms with E-state index in [0.717, 1.165) is 5.56 Å². The fraction of sp³-hybridized carbons (Fsp3) is 0.167. The van der Waals surface area contributed by atoms with Crippen LogP contribution in [0.4, 0.5) is 11.7 Å². The van der Waals surface area contributed by atoms with E-state index in [1.54, 1.807) is 48.8 Å². The van der Waals surface area contributed by atoms with Crippen molar-refractivity contribution in [2.24, 2.45) is 5.92 Å². The molecule has 1 unspecified atom stereocenters. The zero-order valence-corrected chi connectivity index (χ0v) is 15.3. The molecule has 0 radical (unpaired) electrons. The number of para-hydroxylation sites is 1. The van der Waals surface area contributed by atoms with Crippen LogP contribution < -0.4 is 15.8 Å². The second-order valence-corrected chi connectivity index (χ2v) is 6.54. The normalized spacial score (nSPS) is 16.2. The Bertz CT molecular complexity index is 1010. The molecule has 1 aromatic carbocycles. The molecule has 10 heteroatoms. The number of anilines is 2. The van der Waals surface area contributed by atoms with Gasteiger partial charge in [0.2, 0.25) is 17.6 Å². The maximum absolute atomic E-state index is 12.4. The number of nitrogens with one attached hydrogen (secondary N) is 2. The summed E-state index contributed by atoms with van der Waals surface area (Å²) in [6, 6.07) is 10.5. The van der Waals surface area contributed by atoms with Crippen LogP contribution in [0.1, 0.15) is 6.42 Å². The van der Waals surface area contributed by atoms with Gasteiger partial charge >= 0.3 is 6.01 Å². The third kappa shape index (κ3) is 3.65. The van der Waals surface area contributed by atoms with E-state index in [2.05, 4.69) is 26.0 Å². The molecular weight excluding hydrogens is 384 g/mol. The third-order valence-electron chi connectivity index (χ3n) is 4.30. The Balaban J connectivity index is 1.37. The first-order valence-electron chi connectivity index (χ1n) is 8.46. The van der Waals surface area contributed by atoms with Gasteiger partial charge in [-0.1, -0.05) is 28.9 Å². The monoisotopic (exact) mass is 398 g/mol. The summed E-state index contributed by atoms with van der Waals surface area (Å²) in [5.74, 6) is -0.684. The van der Waals surface area contributed by atoms with Crippen molar-refractivity contribution in [1.82, 2.24) is 20.6 Å². The van der Waals surface area contributed by atoms with Crippen LogP contribution in [0.2, 0.25) is 5.02 Å². The number of hydrazine groups is 1. The molecule has 0 aliphatic carbocycles. The van der Waals surface area contributed by atoms with E-state index in [1.165, 1.54) is 4.90 Å². The summed E-state index contributed by atoms with van der Waals surface area (Å²) in [6.07, 6.45) is 3.32. The summed E-state index contributed by atoms with van der Waals surface area (Å²) < 4.78 is 5.06. The molecule has 28 heavy (non-hydrogen) atoms. The SMILES string of the molecule is O=C(NNc1nc(-c2ccncc2)no1)C1CC(=O)N(c2ccccc2Cl)C1. The number of aromatic nitrogens is 3. The third-order valence-corrected chi connectivity index (χ3v) is 4.62. The van der Waals surface area contributed by atoms with Crippen LogP contribution in [0, 0.1) is 5.92 Å². The van der Waals surface area contributed by atoms with Crippen LogP contribution in [0.25, 0.3) is 11.4 Å². The van der Waals surface area contributed by atoms with Crippen LogP contribution in [0.3, 0.4) is 0 Å². The van der Waals surface area contributed by atoms with Gasteiger partial charge < -0.3 is 9.42 Å². The number of rotatable bonds is 5.